The maximum Gasteiger partial charge on any atom is 0.250 e. The number of anilines is 1. The normalized spacial score (nSPS) is 11.6. The van der Waals surface area contributed by atoms with Crippen LogP contribution in [0.4, 0.5) is 5.69 Å². The van der Waals surface area contributed by atoms with Gasteiger partial charge in [0.05, 0.1) is 4.90 Å². The van der Waals surface area contributed by atoms with E-state index in [1.165, 1.54) is 13.5 Å². The van der Waals surface area contributed by atoms with Crippen LogP contribution in [0.1, 0.15) is 37.3 Å². The monoisotopic (exact) mass is 533 g/mol. The van der Waals surface area contributed by atoms with Crippen LogP contribution >= 0.6 is 0 Å². The van der Waals surface area contributed by atoms with E-state index in [-0.39, 0.29) is 24.0 Å². The van der Waals surface area contributed by atoms with Gasteiger partial charge in [-0.05, 0) is 60.7 Å². The number of hydrogen-bond donors (Lipinski definition) is 3. The molecule has 0 saturated heterocycles. The van der Waals surface area contributed by atoms with Crippen LogP contribution in [-0.2, 0) is 32.4 Å². The Balaban J connectivity index is 1.51. The van der Waals surface area contributed by atoms with Gasteiger partial charge in [-0.2, -0.15) is 0 Å². The van der Waals surface area contributed by atoms with Crippen molar-refractivity contribution in [3.8, 4) is 11.3 Å². The minimum atomic E-state index is -3.63. The number of hydrogen-bond acceptors (Lipinski definition) is 4. The molecule has 4 aromatic rings. The Bertz CT molecular complexity index is 1480. The Morgan fingerprint density at radius 2 is 1.74 bits per heavy atom. The number of carbonyl (C=O) groups is 1. The summed E-state index contributed by atoms with van der Waals surface area (Å²) < 4.78 is 33.6. The molecule has 3 aromatic carbocycles. The first kappa shape index (κ1) is 27.6. The largest absolute Gasteiger partial charge is 0.375 e. The van der Waals surface area contributed by atoms with Crippen LogP contribution in [0.15, 0.2) is 77.7 Å². The average Bonchev–Trinajstić information content (AvgIpc) is 3.28. The molecule has 0 atom stereocenters. The van der Waals surface area contributed by atoms with Crippen molar-refractivity contribution >= 4 is 32.5 Å². The zero-order valence-corrected chi connectivity index (χ0v) is 22.7. The molecule has 8 heteroatoms. The van der Waals surface area contributed by atoms with E-state index in [0.717, 1.165) is 52.5 Å². The summed E-state index contributed by atoms with van der Waals surface area (Å²) in [6.45, 7) is 2.39. The SMILES string of the molecule is CCCCCc1ccc(S(=O)(=O)NCCc2c(-c3cccc(NC(=O)COC)c3)[nH]c3ccccc23)cc1. The van der Waals surface area contributed by atoms with Crippen LogP contribution in [-0.4, -0.2) is 39.6 Å². The van der Waals surface area contributed by atoms with Gasteiger partial charge in [0.25, 0.3) is 0 Å². The van der Waals surface area contributed by atoms with Gasteiger partial charge < -0.3 is 15.0 Å². The molecule has 1 amide bonds. The number of rotatable bonds is 13. The number of amides is 1. The van der Waals surface area contributed by atoms with Gasteiger partial charge in [0.2, 0.25) is 15.9 Å². The first-order chi connectivity index (χ1) is 18.4. The number of H-pyrrole nitrogens is 1. The number of methoxy groups -OCH3 is 1. The summed E-state index contributed by atoms with van der Waals surface area (Å²) >= 11 is 0. The lowest BCUT2D eigenvalue weighted by Crippen LogP contribution is -2.26. The second-order valence-electron chi connectivity index (χ2n) is 9.33. The Kier molecular flexibility index (Phi) is 9.33. The number of carbonyl (C=O) groups excluding carboxylic acids is 1. The summed E-state index contributed by atoms with van der Waals surface area (Å²) in [7, 11) is -2.15. The zero-order valence-electron chi connectivity index (χ0n) is 21.9. The molecule has 7 nitrogen and oxygen atoms in total. The summed E-state index contributed by atoms with van der Waals surface area (Å²) in [5, 5.41) is 3.87. The van der Waals surface area contributed by atoms with E-state index in [0.29, 0.717) is 12.1 Å². The van der Waals surface area contributed by atoms with Crippen molar-refractivity contribution in [2.24, 2.45) is 0 Å². The Hall–Kier alpha value is -3.46. The fraction of sp³-hybridized carbons (Fsp3) is 0.300. The molecule has 1 heterocycles. The molecule has 4 rings (SSSR count). The number of para-hydroxylation sites is 1. The van der Waals surface area contributed by atoms with Gasteiger partial charge in [-0.15, -0.1) is 0 Å². The van der Waals surface area contributed by atoms with Crippen molar-refractivity contribution in [2.75, 3.05) is 25.6 Å². The highest BCUT2D eigenvalue weighted by Crippen LogP contribution is 2.32. The van der Waals surface area contributed by atoms with Crippen molar-refractivity contribution < 1.29 is 17.9 Å². The van der Waals surface area contributed by atoms with Gasteiger partial charge in [0.1, 0.15) is 6.61 Å². The maximum atomic E-state index is 13.0. The lowest BCUT2D eigenvalue weighted by atomic mass is 10.0. The number of aromatic nitrogens is 1. The van der Waals surface area contributed by atoms with Crippen molar-refractivity contribution in [3.05, 3.63) is 83.9 Å². The second-order valence-corrected chi connectivity index (χ2v) is 11.1. The van der Waals surface area contributed by atoms with Gasteiger partial charge in [0.15, 0.2) is 0 Å². The molecule has 0 bridgehead atoms. The maximum absolute atomic E-state index is 13.0. The standard InChI is InChI=1S/C30H35N3O4S/c1-3-4-5-9-22-14-16-25(17-15-22)38(35,36)31-19-18-27-26-12-6-7-13-28(26)33-30(27)23-10-8-11-24(20-23)32-29(34)21-37-2/h6-8,10-17,20,31,33H,3-5,9,18-19,21H2,1-2H3,(H,32,34). The third kappa shape index (κ3) is 6.89. The van der Waals surface area contributed by atoms with E-state index in [2.05, 4.69) is 21.9 Å². The van der Waals surface area contributed by atoms with Gasteiger partial charge in [-0.3, -0.25) is 4.79 Å². The number of ether oxygens (including phenoxy) is 1. The van der Waals surface area contributed by atoms with E-state index >= 15 is 0 Å². The smallest absolute Gasteiger partial charge is 0.250 e. The van der Waals surface area contributed by atoms with E-state index in [1.807, 2.05) is 60.7 Å². The summed E-state index contributed by atoms with van der Waals surface area (Å²) in [5.74, 6) is -0.232. The molecule has 0 fully saturated rings. The first-order valence-electron chi connectivity index (χ1n) is 13.0. The fourth-order valence-corrected chi connectivity index (χ4v) is 5.63. The second kappa shape index (κ2) is 12.9. The highest BCUT2D eigenvalue weighted by Gasteiger charge is 2.17. The van der Waals surface area contributed by atoms with E-state index in [1.54, 1.807) is 12.1 Å². The lowest BCUT2D eigenvalue weighted by molar-refractivity contribution is -0.119. The summed E-state index contributed by atoms with van der Waals surface area (Å²) in [5.41, 5.74) is 5.58. The van der Waals surface area contributed by atoms with Crippen molar-refractivity contribution in [1.82, 2.24) is 9.71 Å². The number of unbranched alkanes of at least 4 members (excludes halogenated alkanes) is 2. The minimum Gasteiger partial charge on any atom is -0.375 e. The average molecular weight is 534 g/mol. The fourth-order valence-electron chi connectivity index (χ4n) is 4.59. The third-order valence-corrected chi connectivity index (χ3v) is 7.97. The van der Waals surface area contributed by atoms with Crippen LogP contribution < -0.4 is 10.0 Å². The van der Waals surface area contributed by atoms with Crippen LogP contribution in [0.3, 0.4) is 0 Å². The quantitative estimate of drug-likeness (QED) is 0.193. The molecule has 38 heavy (non-hydrogen) atoms. The zero-order chi connectivity index (χ0) is 27.0. The van der Waals surface area contributed by atoms with Crippen LogP contribution in [0.25, 0.3) is 22.2 Å². The number of aromatic amines is 1. The van der Waals surface area contributed by atoms with Crippen molar-refractivity contribution in [2.45, 2.75) is 43.9 Å². The van der Waals surface area contributed by atoms with Gasteiger partial charge in [-0.25, -0.2) is 13.1 Å². The Morgan fingerprint density at radius 1 is 0.947 bits per heavy atom. The molecular formula is C30H35N3O4S. The highest BCUT2D eigenvalue weighted by atomic mass is 32.2. The van der Waals surface area contributed by atoms with Gasteiger partial charge in [0, 0.05) is 41.5 Å². The lowest BCUT2D eigenvalue weighted by Gasteiger charge is -2.10. The Labute approximate surface area is 224 Å². The predicted octanol–water partition coefficient (Wildman–Crippen LogP) is 5.67. The molecule has 200 valence electrons. The van der Waals surface area contributed by atoms with E-state index in [4.69, 9.17) is 4.74 Å². The van der Waals surface area contributed by atoms with Crippen LogP contribution in [0, 0.1) is 0 Å². The van der Waals surface area contributed by atoms with Gasteiger partial charge in [-0.1, -0.05) is 62.2 Å². The number of sulfonamides is 1. The Morgan fingerprint density at radius 3 is 2.50 bits per heavy atom. The highest BCUT2D eigenvalue weighted by molar-refractivity contribution is 7.89. The molecule has 0 aliphatic carbocycles. The van der Waals surface area contributed by atoms with E-state index < -0.39 is 10.0 Å². The third-order valence-electron chi connectivity index (χ3n) is 6.49. The minimum absolute atomic E-state index is 0.0242. The summed E-state index contributed by atoms with van der Waals surface area (Å²) in [6, 6.07) is 22.7. The van der Waals surface area contributed by atoms with Crippen molar-refractivity contribution in [1.29, 1.82) is 0 Å². The number of benzene rings is 3. The van der Waals surface area contributed by atoms with Gasteiger partial charge >= 0.3 is 0 Å². The van der Waals surface area contributed by atoms with Crippen LogP contribution in [0.5, 0.6) is 0 Å². The predicted molar refractivity (Wildman–Crippen MR) is 153 cm³/mol. The molecule has 1 aromatic heterocycles. The molecule has 0 spiro atoms. The summed E-state index contributed by atoms with van der Waals surface area (Å²) in [6.07, 6.45) is 4.89. The topological polar surface area (TPSA) is 100 Å². The molecule has 3 N–H and O–H groups in total. The van der Waals surface area contributed by atoms with E-state index in [9.17, 15) is 13.2 Å². The molecule has 0 saturated carbocycles. The molecule has 0 aliphatic heterocycles. The number of fused-ring (bicyclic) bond motifs is 1. The van der Waals surface area contributed by atoms with Crippen molar-refractivity contribution in [3.63, 3.8) is 0 Å². The first-order valence-corrected chi connectivity index (χ1v) is 14.5. The molecular weight excluding hydrogens is 498 g/mol. The van der Waals surface area contributed by atoms with Crippen LogP contribution in [0.2, 0.25) is 0 Å². The number of aryl methyl sites for hydroxylation is 1. The summed E-state index contributed by atoms with van der Waals surface area (Å²) in [4.78, 5) is 15.7. The molecule has 0 aliphatic rings. The molecule has 0 unspecified atom stereocenters. The number of nitrogens with one attached hydrogen (secondary N) is 3. The molecule has 0 radical (unpaired) electrons.